The molecule has 4 heteroatoms. The third kappa shape index (κ3) is 2.96. The van der Waals surface area contributed by atoms with Crippen LogP contribution in [0.1, 0.15) is 23.6 Å². The van der Waals surface area contributed by atoms with E-state index in [1.165, 1.54) is 29.8 Å². The van der Waals surface area contributed by atoms with Crippen molar-refractivity contribution in [3.63, 3.8) is 0 Å². The van der Waals surface area contributed by atoms with Gasteiger partial charge in [-0.25, -0.2) is 14.2 Å². The molecule has 0 aromatic heterocycles. The monoisotopic (exact) mass is 295 g/mol. The van der Waals surface area contributed by atoms with E-state index in [4.69, 9.17) is 4.74 Å². The molecule has 0 spiro atoms. The second-order valence-electron chi connectivity index (χ2n) is 4.94. The van der Waals surface area contributed by atoms with E-state index in [1.54, 1.807) is 6.08 Å². The Kier molecular flexibility index (Phi) is 3.83. The van der Waals surface area contributed by atoms with Crippen LogP contribution in [0.5, 0.6) is 0 Å². The van der Waals surface area contributed by atoms with Crippen molar-refractivity contribution in [3.8, 4) is 0 Å². The zero-order valence-corrected chi connectivity index (χ0v) is 12.0. The van der Waals surface area contributed by atoms with Gasteiger partial charge in [0.05, 0.1) is 0 Å². The number of aryl methyl sites for hydroxylation is 1. The van der Waals surface area contributed by atoms with E-state index in [0.717, 1.165) is 12.0 Å². The van der Waals surface area contributed by atoms with Gasteiger partial charge in [-0.3, -0.25) is 0 Å². The van der Waals surface area contributed by atoms with Gasteiger partial charge in [-0.05, 0) is 47.9 Å². The van der Waals surface area contributed by atoms with Crippen LogP contribution in [0.4, 0.5) is 4.39 Å². The van der Waals surface area contributed by atoms with Gasteiger partial charge in [-0.2, -0.15) is 0 Å². The smallest absolute Gasteiger partial charge is 0.363 e. The molecular weight excluding hydrogens is 281 g/mol. The summed E-state index contributed by atoms with van der Waals surface area (Å²) in [6.07, 6.45) is 2.64. The molecule has 1 heterocycles. The van der Waals surface area contributed by atoms with Gasteiger partial charge in [0.25, 0.3) is 0 Å². The predicted molar refractivity (Wildman–Crippen MR) is 82.8 cm³/mol. The van der Waals surface area contributed by atoms with Crippen LogP contribution in [0.25, 0.3) is 6.08 Å². The third-order valence-corrected chi connectivity index (χ3v) is 3.40. The maximum absolute atomic E-state index is 12.9. The molecular formula is C18H14FNO2. The average Bonchev–Trinajstić information content (AvgIpc) is 2.90. The number of halogens is 1. The van der Waals surface area contributed by atoms with E-state index in [1.807, 2.05) is 24.3 Å². The summed E-state index contributed by atoms with van der Waals surface area (Å²) in [5.74, 6) is -0.652. The Morgan fingerprint density at radius 3 is 2.41 bits per heavy atom. The highest BCUT2D eigenvalue weighted by atomic mass is 19.1. The first-order chi connectivity index (χ1) is 10.7. The molecule has 0 bridgehead atoms. The molecule has 0 saturated heterocycles. The van der Waals surface area contributed by atoms with Gasteiger partial charge in [0.15, 0.2) is 5.70 Å². The number of carbonyl (C=O) groups excluding carboxylic acids is 1. The number of ether oxygens (including phenoxy) is 1. The molecule has 110 valence electrons. The van der Waals surface area contributed by atoms with Gasteiger partial charge in [0.2, 0.25) is 5.90 Å². The van der Waals surface area contributed by atoms with Crippen LogP contribution < -0.4 is 0 Å². The lowest BCUT2D eigenvalue weighted by Crippen LogP contribution is -2.05. The Morgan fingerprint density at radius 2 is 1.77 bits per heavy atom. The minimum Gasteiger partial charge on any atom is -0.402 e. The summed E-state index contributed by atoms with van der Waals surface area (Å²) in [5.41, 5.74) is 2.92. The first-order valence-corrected chi connectivity index (χ1v) is 7.03. The number of esters is 1. The molecule has 3 nitrogen and oxygen atoms in total. The van der Waals surface area contributed by atoms with Crippen LogP contribution in [-0.4, -0.2) is 11.9 Å². The Hall–Kier alpha value is -2.75. The lowest BCUT2D eigenvalue weighted by atomic mass is 10.1. The molecule has 1 aliphatic rings. The van der Waals surface area contributed by atoms with Gasteiger partial charge < -0.3 is 4.74 Å². The number of hydrogen-bond acceptors (Lipinski definition) is 3. The fraction of sp³-hybridized carbons (Fsp3) is 0.111. The van der Waals surface area contributed by atoms with Crippen molar-refractivity contribution in [1.29, 1.82) is 0 Å². The number of hydrogen-bond donors (Lipinski definition) is 0. The minimum atomic E-state index is -0.501. The van der Waals surface area contributed by atoms with Crippen LogP contribution in [0.15, 0.2) is 59.2 Å². The zero-order valence-electron chi connectivity index (χ0n) is 12.0. The van der Waals surface area contributed by atoms with Gasteiger partial charge >= 0.3 is 5.97 Å². The van der Waals surface area contributed by atoms with E-state index in [0.29, 0.717) is 5.56 Å². The van der Waals surface area contributed by atoms with Crippen molar-refractivity contribution in [1.82, 2.24) is 0 Å². The van der Waals surface area contributed by atoms with Crippen molar-refractivity contribution in [2.24, 2.45) is 4.99 Å². The number of carbonyl (C=O) groups is 1. The topological polar surface area (TPSA) is 38.7 Å². The molecule has 2 aromatic rings. The molecule has 3 rings (SSSR count). The predicted octanol–water partition coefficient (Wildman–Crippen LogP) is 3.73. The molecule has 0 N–H and O–H groups in total. The number of nitrogens with zero attached hydrogens (tertiary/aromatic N) is 1. The number of cyclic esters (lactones) is 1. The van der Waals surface area contributed by atoms with Gasteiger partial charge in [0.1, 0.15) is 5.82 Å². The summed E-state index contributed by atoms with van der Waals surface area (Å²) in [7, 11) is 0. The van der Waals surface area contributed by atoms with Crippen molar-refractivity contribution < 1.29 is 13.9 Å². The molecule has 0 unspecified atom stereocenters. The van der Waals surface area contributed by atoms with E-state index >= 15 is 0 Å². The first kappa shape index (κ1) is 14.2. The molecule has 2 aromatic carbocycles. The SMILES string of the molecule is CCc1ccc(/C=C2/N=C(c3ccc(F)cc3)OC2=O)cc1. The number of aliphatic imine (C=N–C) groups is 1. The minimum absolute atomic E-state index is 0.196. The summed E-state index contributed by atoms with van der Waals surface area (Å²) in [4.78, 5) is 16.1. The first-order valence-electron chi connectivity index (χ1n) is 7.03. The number of benzene rings is 2. The fourth-order valence-electron chi connectivity index (χ4n) is 2.13. The van der Waals surface area contributed by atoms with Crippen LogP contribution >= 0.6 is 0 Å². The molecule has 0 atom stereocenters. The lowest BCUT2D eigenvalue weighted by molar-refractivity contribution is -0.129. The maximum Gasteiger partial charge on any atom is 0.363 e. The van der Waals surface area contributed by atoms with Crippen molar-refractivity contribution in [2.45, 2.75) is 13.3 Å². The second kappa shape index (κ2) is 5.93. The van der Waals surface area contributed by atoms with Gasteiger partial charge in [-0.1, -0.05) is 31.2 Å². The third-order valence-electron chi connectivity index (χ3n) is 3.40. The normalized spacial score (nSPS) is 15.8. The highest BCUT2D eigenvalue weighted by Crippen LogP contribution is 2.19. The maximum atomic E-state index is 12.9. The standard InChI is InChI=1S/C18H14FNO2/c1-2-12-3-5-13(6-4-12)11-16-18(21)22-17(20-16)14-7-9-15(19)10-8-14/h3-11H,2H2,1H3/b16-11+. The Morgan fingerprint density at radius 1 is 1.09 bits per heavy atom. The molecule has 0 radical (unpaired) electrons. The number of rotatable bonds is 3. The second-order valence-corrected chi connectivity index (χ2v) is 4.94. The Balaban J connectivity index is 1.88. The zero-order chi connectivity index (χ0) is 15.5. The van der Waals surface area contributed by atoms with E-state index < -0.39 is 5.97 Å². The molecule has 1 aliphatic heterocycles. The highest BCUT2D eigenvalue weighted by molar-refractivity contribution is 6.12. The largest absolute Gasteiger partial charge is 0.402 e. The summed E-state index contributed by atoms with van der Waals surface area (Å²) >= 11 is 0. The summed E-state index contributed by atoms with van der Waals surface area (Å²) in [6, 6.07) is 13.6. The molecule has 22 heavy (non-hydrogen) atoms. The van der Waals surface area contributed by atoms with E-state index in [9.17, 15) is 9.18 Å². The van der Waals surface area contributed by atoms with Crippen molar-refractivity contribution in [3.05, 3.63) is 76.7 Å². The van der Waals surface area contributed by atoms with Gasteiger partial charge in [0, 0.05) is 5.56 Å². The van der Waals surface area contributed by atoms with Crippen molar-refractivity contribution in [2.75, 3.05) is 0 Å². The molecule has 0 saturated carbocycles. The fourth-order valence-corrected chi connectivity index (χ4v) is 2.13. The van der Waals surface area contributed by atoms with Crippen LogP contribution in [0.2, 0.25) is 0 Å². The van der Waals surface area contributed by atoms with E-state index in [-0.39, 0.29) is 17.4 Å². The Labute approximate surface area is 127 Å². The van der Waals surface area contributed by atoms with Gasteiger partial charge in [-0.15, -0.1) is 0 Å². The van der Waals surface area contributed by atoms with Crippen LogP contribution in [-0.2, 0) is 16.0 Å². The molecule has 0 fully saturated rings. The lowest BCUT2D eigenvalue weighted by Gasteiger charge is -1.98. The quantitative estimate of drug-likeness (QED) is 0.639. The highest BCUT2D eigenvalue weighted by Gasteiger charge is 2.24. The summed E-state index contributed by atoms with van der Waals surface area (Å²) < 4.78 is 18.1. The summed E-state index contributed by atoms with van der Waals surface area (Å²) in [5, 5.41) is 0. The van der Waals surface area contributed by atoms with Crippen LogP contribution in [0.3, 0.4) is 0 Å². The average molecular weight is 295 g/mol. The van der Waals surface area contributed by atoms with Crippen molar-refractivity contribution >= 4 is 17.9 Å². The van der Waals surface area contributed by atoms with E-state index in [2.05, 4.69) is 11.9 Å². The Bertz CT molecular complexity index is 759. The molecule has 0 amide bonds. The van der Waals surface area contributed by atoms with Crippen LogP contribution in [0, 0.1) is 5.82 Å². The summed E-state index contributed by atoms with van der Waals surface area (Å²) in [6.45, 7) is 2.08. The molecule has 0 aliphatic carbocycles.